The molecule has 0 radical (unpaired) electrons. The Morgan fingerprint density at radius 1 is 1.16 bits per heavy atom. The lowest BCUT2D eigenvalue weighted by atomic mass is 10.2. The van der Waals surface area contributed by atoms with Crippen LogP contribution < -0.4 is 10.2 Å². The van der Waals surface area contributed by atoms with Gasteiger partial charge in [0.1, 0.15) is 0 Å². The first-order chi connectivity index (χ1) is 12.0. The number of piperazine rings is 1. The van der Waals surface area contributed by atoms with Crippen molar-refractivity contribution in [3.8, 4) is 0 Å². The normalized spacial score (nSPS) is 14.7. The minimum atomic E-state index is 0.0330. The van der Waals surface area contributed by atoms with Gasteiger partial charge < -0.3 is 15.1 Å². The van der Waals surface area contributed by atoms with Gasteiger partial charge in [-0.2, -0.15) is 0 Å². The van der Waals surface area contributed by atoms with Gasteiger partial charge in [0.05, 0.1) is 11.3 Å². The van der Waals surface area contributed by atoms with Gasteiger partial charge in [-0.3, -0.25) is 9.78 Å². The van der Waals surface area contributed by atoms with Crippen molar-refractivity contribution in [2.75, 3.05) is 36.4 Å². The fourth-order valence-electron chi connectivity index (χ4n) is 2.99. The number of hydrogen-bond donors (Lipinski definition) is 1. The average Bonchev–Trinajstić information content (AvgIpc) is 2.61. The van der Waals surface area contributed by atoms with Crippen LogP contribution >= 0.6 is 11.6 Å². The number of halogens is 1. The van der Waals surface area contributed by atoms with Crippen LogP contribution in [0.1, 0.15) is 24.2 Å². The molecule has 3 rings (SSSR count). The molecular weight excluding hydrogens is 336 g/mol. The zero-order valence-electron chi connectivity index (χ0n) is 14.6. The van der Waals surface area contributed by atoms with Gasteiger partial charge in [0, 0.05) is 55.3 Å². The Hall–Kier alpha value is -2.27. The van der Waals surface area contributed by atoms with E-state index >= 15 is 0 Å². The van der Waals surface area contributed by atoms with Crippen LogP contribution in [0.2, 0.25) is 5.02 Å². The summed E-state index contributed by atoms with van der Waals surface area (Å²) < 4.78 is 0. The summed E-state index contributed by atoms with van der Waals surface area (Å²) in [6, 6.07) is 10.0. The minimum absolute atomic E-state index is 0.0330. The second-order valence-corrected chi connectivity index (χ2v) is 6.96. The number of rotatable bonds is 4. The zero-order chi connectivity index (χ0) is 17.8. The predicted octanol–water partition coefficient (Wildman–Crippen LogP) is 3.52. The molecule has 1 aliphatic heterocycles. The first kappa shape index (κ1) is 17.5. The Balaban J connectivity index is 1.63. The van der Waals surface area contributed by atoms with Crippen molar-refractivity contribution in [1.82, 2.24) is 9.88 Å². The van der Waals surface area contributed by atoms with Gasteiger partial charge in [0.15, 0.2) is 0 Å². The third-order valence-electron chi connectivity index (χ3n) is 4.18. The molecule has 5 nitrogen and oxygen atoms in total. The fourth-order valence-corrected chi connectivity index (χ4v) is 3.18. The van der Waals surface area contributed by atoms with Crippen LogP contribution in [0.5, 0.6) is 0 Å². The van der Waals surface area contributed by atoms with Crippen LogP contribution in [0.15, 0.2) is 42.7 Å². The van der Waals surface area contributed by atoms with Crippen LogP contribution in [0, 0.1) is 0 Å². The van der Waals surface area contributed by atoms with Gasteiger partial charge in [0.2, 0.25) is 0 Å². The van der Waals surface area contributed by atoms with E-state index in [0.29, 0.717) is 24.7 Å². The van der Waals surface area contributed by atoms with E-state index < -0.39 is 0 Å². The molecule has 0 aliphatic carbocycles. The standard InChI is InChI=1S/C19H23ClN4O/c1-14(2)22-17-10-15(12-21-13-17)19(25)24-8-6-23(7-9-24)18-5-3-4-16(20)11-18/h3-5,10-14,22H,6-9H2,1-2H3. The second kappa shape index (κ2) is 7.74. The summed E-state index contributed by atoms with van der Waals surface area (Å²) in [5, 5.41) is 4.02. The topological polar surface area (TPSA) is 48.5 Å². The Morgan fingerprint density at radius 2 is 1.92 bits per heavy atom. The summed E-state index contributed by atoms with van der Waals surface area (Å²) in [5.74, 6) is 0.0330. The molecule has 1 amide bonds. The Kier molecular flexibility index (Phi) is 5.43. The van der Waals surface area contributed by atoms with Crippen molar-refractivity contribution in [2.24, 2.45) is 0 Å². The number of nitrogens with one attached hydrogen (secondary N) is 1. The summed E-state index contributed by atoms with van der Waals surface area (Å²) in [6.45, 7) is 7.08. The van der Waals surface area contributed by atoms with Gasteiger partial charge in [-0.15, -0.1) is 0 Å². The van der Waals surface area contributed by atoms with E-state index in [1.54, 1.807) is 12.4 Å². The second-order valence-electron chi connectivity index (χ2n) is 6.52. The monoisotopic (exact) mass is 358 g/mol. The SMILES string of the molecule is CC(C)Nc1cncc(C(=O)N2CCN(c3cccc(Cl)c3)CC2)c1. The third-order valence-corrected chi connectivity index (χ3v) is 4.42. The molecule has 0 bridgehead atoms. The molecule has 2 heterocycles. The maximum Gasteiger partial charge on any atom is 0.255 e. The largest absolute Gasteiger partial charge is 0.382 e. The predicted molar refractivity (Wildman–Crippen MR) is 103 cm³/mol. The van der Waals surface area contributed by atoms with Gasteiger partial charge in [-0.25, -0.2) is 0 Å². The molecule has 132 valence electrons. The molecule has 0 atom stereocenters. The number of anilines is 2. The van der Waals surface area contributed by atoms with Crippen molar-refractivity contribution in [1.29, 1.82) is 0 Å². The molecule has 1 fully saturated rings. The molecule has 1 aromatic heterocycles. The highest BCUT2D eigenvalue weighted by molar-refractivity contribution is 6.30. The average molecular weight is 359 g/mol. The Labute approximate surface area is 153 Å². The molecule has 0 unspecified atom stereocenters. The summed E-state index contributed by atoms with van der Waals surface area (Å²) in [6.07, 6.45) is 3.38. The van der Waals surface area contributed by atoms with E-state index in [9.17, 15) is 4.79 Å². The quantitative estimate of drug-likeness (QED) is 0.908. The first-order valence-corrected chi connectivity index (χ1v) is 8.92. The van der Waals surface area contributed by atoms with Crippen molar-refractivity contribution in [3.63, 3.8) is 0 Å². The molecule has 1 aliphatic rings. The lowest BCUT2D eigenvalue weighted by Gasteiger charge is -2.36. The van der Waals surface area contributed by atoms with Crippen LogP contribution in [0.4, 0.5) is 11.4 Å². The van der Waals surface area contributed by atoms with E-state index in [0.717, 1.165) is 29.5 Å². The number of carbonyl (C=O) groups excluding carboxylic acids is 1. The van der Waals surface area contributed by atoms with Gasteiger partial charge in [-0.1, -0.05) is 17.7 Å². The molecular formula is C19H23ClN4O. The van der Waals surface area contributed by atoms with Gasteiger partial charge in [-0.05, 0) is 38.1 Å². The highest BCUT2D eigenvalue weighted by Gasteiger charge is 2.22. The molecule has 6 heteroatoms. The van der Waals surface area contributed by atoms with E-state index in [2.05, 4.69) is 29.0 Å². The number of hydrogen-bond acceptors (Lipinski definition) is 4. The van der Waals surface area contributed by atoms with Crippen LogP contribution in [-0.4, -0.2) is 48.0 Å². The van der Waals surface area contributed by atoms with E-state index in [1.165, 1.54) is 0 Å². The van der Waals surface area contributed by atoms with Crippen molar-refractivity contribution in [2.45, 2.75) is 19.9 Å². The minimum Gasteiger partial charge on any atom is -0.382 e. The smallest absolute Gasteiger partial charge is 0.255 e. The van der Waals surface area contributed by atoms with Gasteiger partial charge >= 0.3 is 0 Å². The number of pyridine rings is 1. The summed E-state index contributed by atoms with van der Waals surface area (Å²) in [5.41, 5.74) is 2.60. The summed E-state index contributed by atoms with van der Waals surface area (Å²) in [7, 11) is 0. The zero-order valence-corrected chi connectivity index (χ0v) is 15.3. The molecule has 25 heavy (non-hydrogen) atoms. The number of benzene rings is 1. The first-order valence-electron chi connectivity index (χ1n) is 8.54. The molecule has 1 saturated heterocycles. The fraction of sp³-hybridized carbons (Fsp3) is 0.368. The highest BCUT2D eigenvalue weighted by atomic mass is 35.5. The van der Waals surface area contributed by atoms with Crippen LogP contribution in [-0.2, 0) is 0 Å². The van der Waals surface area contributed by atoms with Crippen LogP contribution in [0.3, 0.4) is 0 Å². The van der Waals surface area contributed by atoms with E-state index in [-0.39, 0.29) is 5.91 Å². The third kappa shape index (κ3) is 4.42. The Bertz CT molecular complexity index is 742. The van der Waals surface area contributed by atoms with E-state index in [4.69, 9.17) is 11.6 Å². The summed E-state index contributed by atoms with van der Waals surface area (Å²) >= 11 is 6.07. The number of aromatic nitrogens is 1. The lowest BCUT2D eigenvalue weighted by molar-refractivity contribution is 0.0746. The number of amides is 1. The van der Waals surface area contributed by atoms with Crippen molar-refractivity contribution < 1.29 is 4.79 Å². The number of carbonyl (C=O) groups is 1. The van der Waals surface area contributed by atoms with E-state index in [1.807, 2.05) is 35.2 Å². The van der Waals surface area contributed by atoms with Crippen molar-refractivity contribution >= 4 is 28.9 Å². The maximum atomic E-state index is 12.8. The molecule has 2 aromatic rings. The number of nitrogens with zero attached hydrogens (tertiary/aromatic N) is 3. The lowest BCUT2D eigenvalue weighted by Crippen LogP contribution is -2.48. The maximum absolute atomic E-state index is 12.8. The summed E-state index contributed by atoms with van der Waals surface area (Å²) in [4.78, 5) is 21.1. The Morgan fingerprint density at radius 3 is 2.60 bits per heavy atom. The van der Waals surface area contributed by atoms with Crippen molar-refractivity contribution in [3.05, 3.63) is 53.3 Å². The molecule has 0 spiro atoms. The van der Waals surface area contributed by atoms with Crippen LogP contribution in [0.25, 0.3) is 0 Å². The molecule has 1 N–H and O–H groups in total. The van der Waals surface area contributed by atoms with Gasteiger partial charge in [0.25, 0.3) is 5.91 Å². The highest BCUT2D eigenvalue weighted by Crippen LogP contribution is 2.21. The molecule has 1 aromatic carbocycles. The molecule has 0 saturated carbocycles.